The Kier molecular flexibility index (Phi) is 3.34. The molecule has 20 heavy (non-hydrogen) atoms. The molecule has 0 saturated heterocycles. The molecule has 0 unspecified atom stereocenters. The minimum atomic E-state index is -0.954. The lowest BCUT2D eigenvalue weighted by Crippen LogP contribution is -2.24. The summed E-state index contributed by atoms with van der Waals surface area (Å²) in [5.74, 6) is -0.242. The molecule has 0 amide bonds. The summed E-state index contributed by atoms with van der Waals surface area (Å²) in [6.07, 6.45) is 5.17. The Bertz CT molecular complexity index is 629. The SMILES string of the molecule is CN(CC1CCCC1)c1nc2ccc(C(=O)O)cc2o1. The van der Waals surface area contributed by atoms with Gasteiger partial charge in [0.15, 0.2) is 5.58 Å². The first-order valence-corrected chi connectivity index (χ1v) is 6.98. The van der Waals surface area contributed by atoms with Crippen molar-refractivity contribution in [3.63, 3.8) is 0 Å². The van der Waals surface area contributed by atoms with Crippen molar-refractivity contribution in [3.05, 3.63) is 23.8 Å². The number of carbonyl (C=O) groups is 1. The zero-order valence-electron chi connectivity index (χ0n) is 11.5. The Morgan fingerprint density at radius 2 is 2.20 bits per heavy atom. The minimum Gasteiger partial charge on any atom is -0.478 e. The number of oxazole rings is 1. The molecule has 5 heteroatoms. The van der Waals surface area contributed by atoms with Crippen molar-refractivity contribution in [2.24, 2.45) is 5.92 Å². The molecular weight excluding hydrogens is 256 g/mol. The molecule has 0 radical (unpaired) electrons. The van der Waals surface area contributed by atoms with E-state index in [0.717, 1.165) is 6.54 Å². The maximum Gasteiger partial charge on any atom is 0.335 e. The van der Waals surface area contributed by atoms with Crippen LogP contribution < -0.4 is 4.90 Å². The number of aromatic carboxylic acids is 1. The van der Waals surface area contributed by atoms with Crippen LogP contribution in [0.3, 0.4) is 0 Å². The molecule has 3 rings (SSSR count). The van der Waals surface area contributed by atoms with E-state index < -0.39 is 5.97 Å². The molecule has 0 aliphatic heterocycles. The van der Waals surface area contributed by atoms with Crippen LogP contribution in [0.15, 0.2) is 22.6 Å². The zero-order valence-corrected chi connectivity index (χ0v) is 11.5. The third-order valence-corrected chi connectivity index (χ3v) is 3.96. The summed E-state index contributed by atoms with van der Waals surface area (Å²) >= 11 is 0. The Hall–Kier alpha value is -2.04. The molecule has 1 aliphatic carbocycles. The molecule has 2 aromatic rings. The van der Waals surface area contributed by atoms with Gasteiger partial charge in [-0.05, 0) is 37.0 Å². The van der Waals surface area contributed by atoms with Crippen molar-refractivity contribution >= 4 is 23.1 Å². The lowest BCUT2D eigenvalue weighted by atomic mass is 10.1. The standard InChI is InChI=1S/C15H18N2O3/c1-17(9-10-4-2-3-5-10)15-16-12-7-6-11(14(18)19)8-13(12)20-15/h6-8,10H,2-5,9H2,1H3,(H,18,19). The van der Waals surface area contributed by atoms with Crippen LogP contribution in [-0.2, 0) is 0 Å². The van der Waals surface area contributed by atoms with Crippen molar-refractivity contribution in [3.8, 4) is 0 Å². The smallest absolute Gasteiger partial charge is 0.335 e. The van der Waals surface area contributed by atoms with Crippen molar-refractivity contribution in [1.82, 2.24) is 4.98 Å². The summed E-state index contributed by atoms with van der Waals surface area (Å²) in [5, 5.41) is 8.98. The molecular formula is C15H18N2O3. The van der Waals surface area contributed by atoms with Gasteiger partial charge in [-0.3, -0.25) is 0 Å². The van der Waals surface area contributed by atoms with E-state index in [1.54, 1.807) is 12.1 Å². The minimum absolute atomic E-state index is 0.221. The number of benzene rings is 1. The van der Waals surface area contributed by atoms with Crippen LogP contribution >= 0.6 is 0 Å². The number of hydrogen-bond donors (Lipinski definition) is 1. The Morgan fingerprint density at radius 1 is 1.45 bits per heavy atom. The molecule has 1 fully saturated rings. The highest BCUT2D eigenvalue weighted by Crippen LogP contribution is 2.28. The normalized spacial score (nSPS) is 15.8. The number of rotatable bonds is 4. The molecule has 5 nitrogen and oxygen atoms in total. The summed E-state index contributed by atoms with van der Waals surface area (Å²) in [4.78, 5) is 17.4. The van der Waals surface area contributed by atoms with Gasteiger partial charge < -0.3 is 14.4 Å². The maximum atomic E-state index is 10.9. The summed E-state index contributed by atoms with van der Waals surface area (Å²) in [5.41, 5.74) is 1.44. The van der Waals surface area contributed by atoms with Crippen LogP contribution in [0.25, 0.3) is 11.1 Å². The third-order valence-electron chi connectivity index (χ3n) is 3.96. The summed E-state index contributed by atoms with van der Waals surface area (Å²) in [6.45, 7) is 0.943. The van der Waals surface area contributed by atoms with Crippen LogP contribution in [0.5, 0.6) is 0 Å². The molecule has 0 bridgehead atoms. The van der Waals surface area contributed by atoms with Crippen LogP contribution in [0.4, 0.5) is 6.01 Å². The Morgan fingerprint density at radius 3 is 2.90 bits per heavy atom. The second-order valence-corrected chi connectivity index (χ2v) is 5.52. The predicted molar refractivity (Wildman–Crippen MR) is 76.2 cm³/mol. The topological polar surface area (TPSA) is 66.6 Å². The molecule has 1 aliphatic rings. The quantitative estimate of drug-likeness (QED) is 0.927. The second-order valence-electron chi connectivity index (χ2n) is 5.52. The number of anilines is 1. The number of aromatic nitrogens is 1. The summed E-state index contributed by atoms with van der Waals surface area (Å²) < 4.78 is 5.68. The van der Waals surface area contributed by atoms with E-state index in [4.69, 9.17) is 9.52 Å². The number of fused-ring (bicyclic) bond motifs is 1. The van der Waals surface area contributed by atoms with Gasteiger partial charge >= 0.3 is 5.97 Å². The van der Waals surface area contributed by atoms with Crippen LogP contribution in [0.2, 0.25) is 0 Å². The number of carboxylic acid groups (broad SMARTS) is 1. The molecule has 1 aromatic carbocycles. The van der Waals surface area contributed by atoms with Gasteiger partial charge in [-0.2, -0.15) is 4.98 Å². The summed E-state index contributed by atoms with van der Waals surface area (Å²) in [7, 11) is 1.97. The van der Waals surface area contributed by atoms with Crippen LogP contribution in [0, 0.1) is 5.92 Å². The molecule has 1 heterocycles. The lowest BCUT2D eigenvalue weighted by molar-refractivity contribution is 0.0697. The van der Waals surface area contributed by atoms with Crippen molar-refractivity contribution in [2.75, 3.05) is 18.5 Å². The van der Waals surface area contributed by atoms with E-state index >= 15 is 0 Å². The van der Waals surface area contributed by atoms with E-state index in [2.05, 4.69) is 4.98 Å². The molecule has 1 aromatic heterocycles. The van der Waals surface area contributed by atoms with E-state index in [1.165, 1.54) is 31.7 Å². The third kappa shape index (κ3) is 2.48. The molecule has 1 saturated carbocycles. The van der Waals surface area contributed by atoms with Crippen molar-refractivity contribution in [1.29, 1.82) is 0 Å². The first-order valence-electron chi connectivity index (χ1n) is 6.98. The fourth-order valence-electron chi connectivity index (χ4n) is 2.87. The fourth-order valence-corrected chi connectivity index (χ4v) is 2.87. The van der Waals surface area contributed by atoms with Gasteiger partial charge in [-0.15, -0.1) is 0 Å². The molecule has 106 valence electrons. The predicted octanol–water partition coefficient (Wildman–Crippen LogP) is 3.15. The monoisotopic (exact) mass is 274 g/mol. The van der Waals surface area contributed by atoms with Gasteiger partial charge in [0.25, 0.3) is 6.01 Å². The van der Waals surface area contributed by atoms with E-state index in [9.17, 15) is 4.79 Å². The van der Waals surface area contributed by atoms with Gasteiger partial charge in [0.05, 0.1) is 5.56 Å². The number of carboxylic acids is 1. The molecule has 1 N–H and O–H groups in total. The molecule has 0 spiro atoms. The Labute approximate surface area is 117 Å². The van der Waals surface area contributed by atoms with Gasteiger partial charge in [-0.1, -0.05) is 12.8 Å². The lowest BCUT2D eigenvalue weighted by Gasteiger charge is -2.18. The average molecular weight is 274 g/mol. The highest BCUT2D eigenvalue weighted by atomic mass is 16.4. The van der Waals surface area contributed by atoms with Gasteiger partial charge in [0, 0.05) is 13.6 Å². The van der Waals surface area contributed by atoms with Gasteiger partial charge in [-0.25, -0.2) is 4.79 Å². The number of nitrogens with zero attached hydrogens (tertiary/aromatic N) is 2. The summed E-state index contributed by atoms with van der Waals surface area (Å²) in [6, 6.07) is 5.33. The van der Waals surface area contributed by atoms with Crippen molar-refractivity contribution < 1.29 is 14.3 Å². The maximum absolute atomic E-state index is 10.9. The van der Waals surface area contributed by atoms with Gasteiger partial charge in [0.1, 0.15) is 5.52 Å². The number of hydrogen-bond acceptors (Lipinski definition) is 4. The van der Waals surface area contributed by atoms with Crippen LogP contribution in [-0.4, -0.2) is 29.7 Å². The van der Waals surface area contributed by atoms with Crippen LogP contribution in [0.1, 0.15) is 36.0 Å². The first kappa shape index (κ1) is 13.0. The van der Waals surface area contributed by atoms with Crippen molar-refractivity contribution in [2.45, 2.75) is 25.7 Å². The highest BCUT2D eigenvalue weighted by Gasteiger charge is 2.19. The fraction of sp³-hybridized carbons (Fsp3) is 0.467. The zero-order chi connectivity index (χ0) is 14.1. The Balaban J connectivity index is 1.82. The second kappa shape index (κ2) is 5.15. The van der Waals surface area contributed by atoms with Gasteiger partial charge in [0.2, 0.25) is 0 Å². The highest BCUT2D eigenvalue weighted by molar-refractivity contribution is 5.92. The first-order chi connectivity index (χ1) is 9.63. The largest absolute Gasteiger partial charge is 0.478 e. The van der Waals surface area contributed by atoms with E-state index in [-0.39, 0.29) is 5.56 Å². The average Bonchev–Trinajstić information content (AvgIpc) is 3.05. The van der Waals surface area contributed by atoms with E-state index in [1.807, 2.05) is 11.9 Å². The molecule has 0 atom stereocenters. The van der Waals surface area contributed by atoms with E-state index in [0.29, 0.717) is 23.0 Å².